The zero-order valence-corrected chi connectivity index (χ0v) is 11.0. The summed E-state index contributed by atoms with van der Waals surface area (Å²) in [6, 6.07) is 5.80. The monoisotopic (exact) mass is 239 g/mol. The minimum atomic E-state index is 0.0808. The number of rotatable bonds is 0. The van der Waals surface area contributed by atoms with E-state index in [1.54, 1.807) is 0 Å². The first kappa shape index (κ1) is 11.6. The van der Waals surface area contributed by atoms with Gasteiger partial charge in [-0.15, -0.1) is 0 Å². The second-order valence-electron chi connectivity index (χ2n) is 5.32. The molecule has 3 heteroatoms. The zero-order chi connectivity index (χ0) is 11.9. The molecule has 16 heavy (non-hydrogen) atoms. The van der Waals surface area contributed by atoms with Crippen molar-refractivity contribution in [3.05, 3.63) is 23.2 Å². The van der Waals surface area contributed by atoms with Crippen LogP contribution in [0, 0.1) is 0 Å². The molecular weight excluding hydrogens is 222 g/mol. The summed E-state index contributed by atoms with van der Waals surface area (Å²) in [7, 11) is 0. The summed E-state index contributed by atoms with van der Waals surface area (Å²) in [5.74, 6) is 0.929. The highest BCUT2D eigenvalue weighted by Gasteiger charge is 2.30. The molecule has 1 aliphatic heterocycles. The van der Waals surface area contributed by atoms with Crippen LogP contribution in [0.15, 0.2) is 18.2 Å². The Bertz CT molecular complexity index is 397. The standard InChI is InChI=1S/C13H18ClNO/c1-9-8-15(13(2,3)4)11-7-10(14)5-6-12(11)16-9/h5-7,9H,8H2,1-4H3. The topological polar surface area (TPSA) is 12.5 Å². The number of benzene rings is 1. The van der Waals surface area contributed by atoms with Gasteiger partial charge in [-0.1, -0.05) is 11.6 Å². The van der Waals surface area contributed by atoms with E-state index in [1.807, 2.05) is 18.2 Å². The lowest BCUT2D eigenvalue weighted by atomic mass is 10.0. The van der Waals surface area contributed by atoms with Crippen molar-refractivity contribution < 1.29 is 4.74 Å². The van der Waals surface area contributed by atoms with Gasteiger partial charge in [-0.3, -0.25) is 0 Å². The van der Waals surface area contributed by atoms with Gasteiger partial charge in [0.1, 0.15) is 11.9 Å². The fourth-order valence-corrected chi connectivity index (χ4v) is 2.21. The van der Waals surface area contributed by atoms with Gasteiger partial charge in [0.15, 0.2) is 0 Å². The summed E-state index contributed by atoms with van der Waals surface area (Å²) in [4.78, 5) is 2.35. The van der Waals surface area contributed by atoms with Crippen molar-refractivity contribution in [3.8, 4) is 5.75 Å². The first-order valence-corrected chi connectivity index (χ1v) is 5.99. The van der Waals surface area contributed by atoms with Crippen LogP contribution in [0.2, 0.25) is 5.02 Å². The van der Waals surface area contributed by atoms with Gasteiger partial charge in [0.25, 0.3) is 0 Å². The quantitative estimate of drug-likeness (QED) is 0.684. The first-order valence-electron chi connectivity index (χ1n) is 5.62. The predicted molar refractivity (Wildman–Crippen MR) is 68.6 cm³/mol. The highest BCUT2D eigenvalue weighted by molar-refractivity contribution is 6.31. The second kappa shape index (κ2) is 3.85. The van der Waals surface area contributed by atoms with E-state index in [2.05, 4.69) is 32.6 Å². The van der Waals surface area contributed by atoms with E-state index in [4.69, 9.17) is 16.3 Å². The van der Waals surface area contributed by atoms with Crippen molar-refractivity contribution >= 4 is 17.3 Å². The summed E-state index contributed by atoms with van der Waals surface area (Å²) in [6.45, 7) is 9.61. The molecule has 0 amide bonds. The van der Waals surface area contributed by atoms with Gasteiger partial charge in [-0.2, -0.15) is 0 Å². The maximum atomic E-state index is 6.05. The van der Waals surface area contributed by atoms with E-state index in [-0.39, 0.29) is 11.6 Å². The predicted octanol–water partition coefficient (Wildman–Crippen LogP) is 3.73. The smallest absolute Gasteiger partial charge is 0.143 e. The van der Waals surface area contributed by atoms with Gasteiger partial charge in [0.05, 0.1) is 12.2 Å². The van der Waals surface area contributed by atoms with Crippen LogP contribution in [0.3, 0.4) is 0 Å². The highest BCUT2D eigenvalue weighted by atomic mass is 35.5. The minimum Gasteiger partial charge on any atom is -0.487 e. The molecule has 1 atom stereocenters. The normalized spacial score (nSPS) is 20.3. The number of ether oxygens (including phenoxy) is 1. The number of anilines is 1. The van der Waals surface area contributed by atoms with Crippen LogP contribution in [0.1, 0.15) is 27.7 Å². The number of fused-ring (bicyclic) bond motifs is 1. The summed E-state index contributed by atoms with van der Waals surface area (Å²) < 4.78 is 5.81. The van der Waals surface area contributed by atoms with Crippen LogP contribution in [-0.4, -0.2) is 18.2 Å². The van der Waals surface area contributed by atoms with Crippen LogP contribution in [0.4, 0.5) is 5.69 Å². The lowest BCUT2D eigenvalue weighted by molar-refractivity contribution is 0.201. The third kappa shape index (κ3) is 2.12. The Hall–Kier alpha value is -0.890. The van der Waals surface area contributed by atoms with E-state index < -0.39 is 0 Å². The molecule has 0 spiro atoms. The molecule has 2 rings (SSSR count). The number of nitrogens with zero attached hydrogens (tertiary/aromatic N) is 1. The maximum Gasteiger partial charge on any atom is 0.143 e. The van der Waals surface area contributed by atoms with Crippen molar-refractivity contribution in [2.75, 3.05) is 11.4 Å². The van der Waals surface area contributed by atoms with E-state index in [9.17, 15) is 0 Å². The minimum absolute atomic E-state index is 0.0808. The lowest BCUT2D eigenvalue weighted by Gasteiger charge is -2.43. The van der Waals surface area contributed by atoms with Crippen LogP contribution in [-0.2, 0) is 0 Å². The first-order chi connectivity index (χ1) is 7.38. The van der Waals surface area contributed by atoms with E-state index in [1.165, 1.54) is 0 Å². The van der Waals surface area contributed by atoms with Crippen molar-refractivity contribution in [2.45, 2.75) is 39.3 Å². The zero-order valence-electron chi connectivity index (χ0n) is 10.2. The maximum absolute atomic E-state index is 6.05. The van der Waals surface area contributed by atoms with Crippen LogP contribution in [0.25, 0.3) is 0 Å². The third-order valence-electron chi connectivity index (χ3n) is 2.79. The van der Waals surface area contributed by atoms with E-state index in [0.29, 0.717) is 0 Å². The molecule has 0 saturated carbocycles. The number of hydrogen-bond acceptors (Lipinski definition) is 2. The Kier molecular flexibility index (Phi) is 2.79. The Morgan fingerprint density at radius 3 is 2.69 bits per heavy atom. The molecule has 1 aromatic carbocycles. The summed E-state index contributed by atoms with van der Waals surface area (Å²) in [6.07, 6.45) is 0.216. The van der Waals surface area contributed by atoms with Gasteiger partial charge >= 0.3 is 0 Å². The second-order valence-corrected chi connectivity index (χ2v) is 5.76. The Morgan fingerprint density at radius 1 is 1.38 bits per heavy atom. The van der Waals surface area contributed by atoms with Crippen LogP contribution in [0.5, 0.6) is 5.75 Å². The molecule has 0 radical (unpaired) electrons. The highest BCUT2D eigenvalue weighted by Crippen LogP contribution is 2.38. The third-order valence-corrected chi connectivity index (χ3v) is 3.02. The molecule has 2 nitrogen and oxygen atoms in total. The molecule has 0 bridgehead atoms. The fraction of sp³-hybridized carbons (Fsp3) is 0.538. The van der Waals surface area contributed by atoms with Crippen LogP contribution >= 0.6 is 11.6 Å². The molecule has 88 valence electrons. The average Bonchev–Trinajstić information content (AvgIpc) is 2.16. The van der Waals surface area contributed by atoms with Crippen molar-refractivity contribution in [2.24, 2.45) is 0 Å². The SMILES string of the molecule is CC1CN(C(C)(C)C)c2cc(Cl)ccc2O1. The molecule has 1 unspecified atom stereocenters. The van der Waals surface area contributed by atoms with Crippen molar-refractivity contribution in [1.82, 2.24) is 0 Å². The fourth-order valence-electron chi connectivity index (χ4n) is 2.05. The van der Waals surface area contributed by atoms with Gasteiger partial charge in [-0.25, -0.2) is 0 Å². The molecule has 0 N–H and O–H groups in total. The molecule has 0 aliphatic carbocycles. The summed E-state index contributed by atoms with van der Waals surface area (Å²) in [5, 5.41) is 0.756. The van der Waals surface area contributed by atoms with E-state index in [0.717, 1.165) is 23.0 Å². The van der Waals surface area contributed by atoms with Crippen molar-refractivity contribution in [1.29, 1.82) is 0 Å². The van der Waals surface area contributed by atoms with Gasteiger partial charge < -0.3 is 9.64 Å². The summed E-state index contributed by atoms with van der Waals surface area (Å²) >= 11 is 6.05. The molecule has 0 saturated heterocycles. The largest absolute Gasteiger partial charge is 0.487 e. The molecular formula is C13H18ClNO. The Morgan fingerprint density at radius 2 is 2.06 bits per heavy atom. The molecule has 0 aromatic heterocycles. The number of hydrogen-bond donors (Lipinski definition) is 0. The molecule has 0 fully saturated rings. The Labute approximate surface area is 102 Å². The van der Waals surface area contributed by atoms with Gasteiger partial charge in [0.2, 0.25) is 0 Å². The van der Waals surface area contributed by atoms with Gasteiger partial charge in [0, 0.05) is 10.6 Å². The molecule has 1 aromatic rings. The average molecular weight is 240 g/mol. The van der Waals surface area contributed by atoms with E-state index >= 15 is 0 Å². The Balaban J connectivity index is 2.47. The molecule has 1 aliphatic rings. The lowest BCUT2D eigenvalue weighted by Crippen LogP contribution is -2.49. The van der Waals surface area contributed by atoms with Crippen LogP contribution < -0.4 is 9.64 Å². The molecule has 1 heterocycles. The summed E-state index contributed by atoms with van der Waals surface area (Å²) in [5.41, 5.74) is 1.18. The van der Waals surface area contributed by atoms with Crippen molar-refractivity contribution in [3.63, 3.8) is 0 Å². The van der Waals surface area contributed by atoms with Gasteiger partial charge in [-0.05, 0) is 45.9 Å². The number of halogens is 1.